The molecule has 0 unspecified atom stereocenters. The van der Waals surface area contributed by atoms with E-state index in [0.717, 1.165) is 0 Å². The maximum Gasteiger partial charge on any atom is 0.267 e. The molecule has 0 radical (unpaired) electrons. The Morgan fingerprint density at radius 1 is 1.20 bits per heavy atom. The van der Waals surface area contributed by atoms with Crippen LogP contribution in [0, 0.1) is 13.8 Å². The summed E-state index contributed by atoms with van der Waals surface area (Å²) in [7, 11) is -3.90. The van der Waals surface area contributed by atoms with Crippen molar-refractivity contribution < 1.29 is 8.42 Å². The van der Waals surface area contributed by atoms with Gasteiger partial charge in [-0.15, -0.1) is 0 Å². The smallest absolute Gasteiger partial charge is 0.247 e. The second kappa shape index (κ2) is 5.63. The van der Waals surface area contributed by atoms with Crippen molar-refractivity contribution in [2.24, 2.45) is 0 Å². The number of aromatic nitrogens is 3. The van der Waals surface area contributed by atoms with E-state index >= 15 is 0 Å². The fourth-order valence-corrected chi connectivity index (χ4v) is 3.43. The molecule has 0 aromatic carbocycles. The summed E-state index contributed by atoms with van der Waals surface area (Å²) in [4.78, 5) is 11.7. The lowest BCUT2D eigenvalue weighted by atomic mass is 10.4. The molecule has 2 aromatic rings. The molecule has 0 saturated carbocycles. The summed E-state index contributed by atoms with van der Waals surface area (Å²) in [5, 5.41) is -0.120. The van der Waals surface area contributed by atoms with E-state index in [1.807, 2.05) is 0 Å². The molecular weight excluding hydrogens is 368 g/mol. The van der Waals surface area contributed by atoms with Gasteiger partial charge in [0.15, 0.2) is 0 Å². The van der Waals surface area contributed by atoms with Crippen LogP contribution in [0.25, 0.3) is 0 Å². The van der Waals surface area contributed by atoms with Gasteiger partial charge in [-0.05, 0) is 41.9 Å². The maximum atomic E-state index is 12.3. The molecule has 20 heavy (non-hydrogen) atoms. The molecule has 0 fully saturated rings. The number of nitrogens with one attached hydrogen (secondary N) is 1. The third-order valence-electron chi connectivity index (χ3n) is 2.27. The number of halogens is 2. The molecule has 0 aliphatic rings. The van der Waals surface area contributed by atoms with Gasteiger partial charge in [-0.3, -0.25) is 0 Å². The summed E-state index contributed by atoms with van der Waals surface area (Å²) < 4.78 is 27.3. The van der Waals surface area contributed by atoms with Crippen LogP contribution in [0.2, 0.25) is 5.15 Å². The summed E-state index contributed by atoms with van der Waals surface area (Å²) in [5.74, 6) is -0.00135. The summed E-state index contributed by atoms with van der Waals surface area (Å²) in [5.41, 5.74) is 1.32. The van der Waals surface area contributed by atoms with Crippen molar-refractivity contribution in [3.05, 3.63) is 39.3 Å². The molecule has 2 aromatic heterocycles. The topological polar surface area (TPSA) is 84.8 Å². The summed E-state index contributed by atoms with van der Waals surface area (Å²) in [6.07, 6.45) is 1.41. The van der Waals surface area contributed by atoms with Crippen molar-refractivity contribution in [2.45, 2.75) is 18.7 Å². The molecule has 9 heteroatoms. The van der Waals surface area contributed by atoms with E-state index in [9.17, 15) is 8.42 Å². The average molecular weight is 378 g/mol. The normalized spacial score (nSPS) is 11.4. The Labute approximate surface area is 129 Å². The van der Waals surface area contributed by atoms with Crippen LogP contribution in [0.4, 0.5) is 5.95 Å². The second-order valence-electron chi connectivity index (χ2n) is 4.02. The van der Waals surface area contributed by atoms with Crippen LogP contribution >= 0.6 is 27.5 Å². The standard InChI is InChI=1S/C11H10BrClN4O2S/c1-6-3-7(2)16-11(15-6)17-20(18,19)9-4-8(12)5-14-10(9)13/h3-5H,1-2H3,(H,15,16,17). The molecule has 6 nitrogen and oxygen atoms in total. The molecule has 0 amide bonds. The van der Waals surface area contributed by atoms with Crippen molar-refractivity contribution >= 4 is 43.5 Å². The van der Waals surface area contributed by atoms with Crippen molar-refractivity contribution in [1.29, 1.82) is 0 Å². The Morgan fingerprint density at radius 2 is 1.80 bits per heavy atom. The Kier molecular flexibility index (Phi) is 4.26. The highest BCUT2D eigenvalue weighted by atomic mass is 79.9. The van der Waals surface area contributed by atoms with Crippen LogP contribution in [0.15, 0.2) is 27.7 Å². The summed E-state index contributed by atoms with van der Waals surface area (Å²) in [6.45, 7) is 3.50. The fourth-order valence-electron chi connectivity index (χ4n) is 1.54. The number of nitrogens with zero attached hydrogens (tertiary/aromatic N) is 3. The van der Waals surface area contributed by atoms with Crippen molar-refractivity contribution in [3.63, 3.8) is 0 Å². The fraction of sp³-hybridized carbons (Fsp3) is 0.182. The van der Waals surface area contributed by atoms with Crippen molar-refractivity contribution in [1.82, 2.24) is 15.0 Å². The molecule has 2 heterocycles. The van der Waals surface area contributed by atoms with Gasteiger partial charge in [0.05, 0.1) is 0 Å². The molecule has 0 saturated heterocycles. The second-order valence-corrected chi connectivity index (χ2v) is 6.95. The van der Waals surface area contributed by atoms with Crippen LogP contribution in [0.1, 0.15) is 11.4 Å². The molecule has 0 aliphatic carbocycles. The van der Waals surface area contributed by atoms with Crippen LogP contribution in [-0.4, -0.2) is 23.4 Å². The average Bonchev–Trinajstić information content (AvgIpc) is 2.30. The summed E-state index contributed by atoms with van der Waals surface area (Å²) >= 11 is 8.97. The predicted octanol–water partition coefficient (Wildman–Crippen LogP) is 2.71. The lowest BCUT2D eigenvalue weighted by molar-refractivity contribution is 0.600. The van der Waals surface area contributed by atoms with Crippen LogP contribution in [-0.2, 0) is 10.0 Å². The molecule has 0 spiro atoms. The van der Waals surface area contributed by atoms with Crippen molar-refractivity contribution in [3.8, 4) is 0 Å². The minimum absolute atomic E-state index is 0.00135. The van der Waals surface area contributed by atoms with E-state index in [4.69, 9.17) is 11.6 Å². The van der Waals surface area contributed by atoms with Gasteiger partial charge >= 0.3 is 0 Å². The number of anilines is 1. The van der Waals surface area contributed by atoms with E-state index in [2.05, 4.69) is 35.6 Å². The highest BCUT2D eigenvalue weighted by Crippen LogP contribution is 2.24. The minimum atomic E-state index is -3.90. The molecule has 0 aliphatic heterocycles. The van der Waals surface area contributed by atoms with Crippen LogP contribution < -0.4 is 4.72 Å². The van der Waals surface area contributed by atoms with E-state index in [-0.39, 0.29) is 16.0 Å². The largest absolute Gasteiger partial charge is 0.267 e. The molecular formula is C11H10BrClN4O2S. The number of pyridine rings is 1. The van der Waals surface area contributed by atoms with E-state index in [1.165, 1.54) is 12.3 Å². The van der Waals surface area contributed by atoms with Crippen LogP contribution in [0.5, 0.6) is 0 Å². The molecule has 1 N–H and O–H groups in total. The van der Waals surface area contributed by atoms with Gasteiger partial charge in [-0.2, -0.15) is 0 Å². The Hall–Kier alpha value is -1.25. The number of sulfonamides is 1. The molecule has 0 atom stereocenters. The monoisotopic (exact) mass is 376 g/mol. The zero-order chi connectivity index (χ0) is 14.9. The third-order valence-corrected chi connectivity index (χ3v) is 4.46. The number of hydrogen-bond acceptors (Lipinski definition) is 5. The lowest BCUT2D eigenvalue weighted by Crippen LogP contribution is -2.16. The van der Waals surface area contributed by atoms with Gasteiger partial charge in [0.1, 0.15) is 10.0 Å². The third kappa shape index (κ3) is 3.44. The molecule has 106 valence electrons. The Bertz CT molecular complexity index is 747. The first-order valence-corrected chi connectivity index (χ1v) is 8.09. The maximum absolute atomic E-state index is 12.3. The van der Waals surface area contributed by atoms with E-state index in [0.29, 0.717) is 15.9 Å². The summed E-state index contributed by atoms with van der Waals surface area (Å²) in [6, 6.07) is 3.10. The Morgan fingerprint density at radius 3 is 2.40 bits per heavy atom. The first kappa shape index (κ1) is 15.1. The van der Waals surface area contributed by atoms with Gasteiger partial charge in [0.25, 0.3) is 10.0 Å². The van der Waals surface area contributed by atoms with Gasteiger partial charge in [-0.25, -0.2) is 28.1 Å². The SMILES string of the molecule is Cc1cc(C)nc(NS(=O)(=O)c2cc(Br)cnc2Cl)n1. The van der Waals surface area contributed by atoms with Crippen LogP contribution in [0.3, 0.4) is 0 Å². The zero-order valence-electron chi connectivity index (χ0n) is 10.6. The highest BCUT2D eigenvalue weighted by Gasteiger charge is 2.21. The first-order valence-electron chi connectivity index (χ1n) is 5.44. The van der Waals surface area contributed by atoms with Gasteiger partial charge < -0.3 is 0 Å². The number of hydrogen-bond donors (Lipinski definition) is 1. The lowest BCUT2D eigenvalue weighted by Gasteiger charge is -2.09. The van der Waals surface area contributed by atoms with Crippen molar-refractivity contribution in [2.75, 3.05) is 4.72 Å². The number of rotatable bonds is 3. The zero-order valence-corrected chi connectivity index (χ0v) is 13.7. The number of aryl methyl sites for hydroxylation is 2. The van der Waals surface area contributed by atoms with E-state index < -0.39 is 10.0 Å². The Balaban J connectivity index is 2.43. The minimum Gasteiger partial charge on any atom is -0.247 e. The molecule has 0 bridgehead atoms. The first-order chi connectivity index (χ1) is 9.28. The van der Waals surface area contributed by atoms with Gasteiger partial charge in [0.2, 0.25) is 5.95 Å². The van der Waals surface area contributed by atoms with Gasteiger partial charge in [0, 0.05) is 22.1 Å². The molecule has 2 rings (SSSR count). The quantitative estimate of drug-likeness (QED) is 0.831. The van der Waals surface area contributed by atoms with Gasteiger partial charge in [-0.1, -0.05) is 11.6 Å². The highest BCUT2D eigenvalue weighted by molar-refractivity contribution is 9.10. The predicted molar refractivity (Wildman–Crippen MR) is 79.3 cm³/mol. The van der Waals surface area contributed by atoms with E-state index in [1.54, 1.807) is 19.9 Å².